The lowest BCUT2D eigenvalue weighted by molar-refractivity contribution is 0.0977. The summed E-state index contributed by atoms with van der Waals surface area (Å²) in [5.41, 5.74) is 3.34. The Morgan fingerprint density at radius 3 is 2.58 bits per heavy atom. The van der Waals surface area contributed by atoms with Crippen LogP contribution in [0.3, 0.4) is 0 Å². The van der Waals surface area contributed by atoms with Crippen LogP contribution in [0, 0.1) is 0 Å². The third-order valence-corrected chi connectivity index (χ3v) is 4.77. The highest BCUT2D eigenvalue weighted by atomic mass is 35.5. The summed E-state index contributed by atoms with van der Waals surface area (Å²) in [7, 11) is 0. The molecular formula is C22H18ClN5O2S. The van der Waals surface area contributed by atoms with E-state index in [0.29, 0.717) is 28.4 Å². The zero-order valence-corrected chi connectivity index (χ0v) is 18.1. The predicted octanol–water partition coefficient (Wildman–Crippen LogP) is 4.60. The number of rotatable bonds is 5. The number of hydrogen-bond donors (Lipinski definition) is 2. The van der Waals surface area contributed by atoms with E-state index in [0.717, 1.165) is 17.0 Å². The van der Waals surface area contributed by atoms with Gasteiger partial charge in [-0.3, -0.25) is 10.1 Å². The number of fused-ring (bicyclic) bond motifs is 1. The Hall–Kier alpha value is -3.49. The van der Waals surface area contributed by atoms with Crippen molar-refractivity contribution in [3.63, 3.8) is 0 Å². The Bertz CT molecular complexity index is 1260. The van der Waals surface area contributed by atoms with Crippen molar-refractivity contribution in [3.8, 4) is 11.4 Å². The van der Waals surface area contributed by atoms with Crippen LogP contribution in [0.4, 0.5) is 5.69 Å². The Kier molecular flexibility index (Phi) is 6.11. The summed E-state index contributed by atoms with van der Waals surface area (Å²) in [5.74, 6) is 0.449. The highest BCUT2D eigenvalue weighted by Gasteiger charge is 2.10. The molecule has 7 nitrogen and oxygen atoms in total. The van der Waals surface area contributed by atoms with Gasteiger partial charge in [0.2, 0.25) is 0 Å². The van der Waals surface area contributed by atoms with Crippen LogP contribution in [0.1, 0.15) is 17.3 Å². The molecule has 0 radical (unpaired) electrons. The molecule has 1 heterocycles. The molecule has 4 aromatic rings. The van der Waals surface area contributed by atoms with Gasteiger partial charge >= 0.3 is 0 Å². The van der Waals surface area contributed by atoms with Crippen LogP contribution in [0.5, 0.6) is 5.75 Å². The van der Waals surface area contributed by atoms with Crippen molar-refractivity contribution >= 4 is 51.6 Å². The number of carbonyl (C=O) groups is 1. The number of anilines is 1. The summed E-state index contributed by atoms with van der Waals surface area (Å²) >= 11 is 11.2. The minimum absolute atomic E-state index is 0.170. The number of amides is 1. The smallest absolute Gasteiger partial charge is 0.257 e. The number of halogens is 1. The highest BCUT2D eigenvalue weighted by molar-refractivity contribution is 7.80. The summed E-state index contributed by atoms with van der Waals surface area (Å²) in [6.45, 7) is 2.55. The third-order valence-electron chi connectivity index (χ3n) is 4.33. The second-order valence-electron chi connectivity index (χ2n) is 6.54. The fourth-order valence-corrected chi connectivity index (χ4v) is 3.32. The minimum Gasteiger partial charge on any atom is -0.494 e. The molecule has 0 aliphatic carbocycles. The Morgan fingerprint density at radius 2 is 1.84 bits per heavy atom. The standard InChI is InChI=1S/C22H18ClN5O2S/c1-2-30-18-9-7-17(8-10-18)28-26-19-11-6-16(13-20(19)27-28)24-22(31)25-21(29)14-4-3-5-15(23)12-14/h3-13H,2H2,1H3,(H2,24,25,29,31). The number of hydrogen-bond acceptors (Lipinski definition) is 5. The van der Waals surface area contributed by atoms with E-state index in [4.69, 9.17) is 28.6 Å². The van der Waals surface area contributed by atoms with Crippen molar-refractivity contribution in [1.29, 1.82) is 0 Å². The molecule has 0 aliphatic rings. The molecule has 0 fully saturated rings. The van der Waals surface area contributed by atoms with Crippen molar-refractivity contribution in [2.75, 3.05) is 11.9 Å². The normalized spacial score (nSPS) is 10.6. The molecule has 3 aromatic carbocycles. The topological polar surface area (TPSA) is 81.1 Å². The lowest BCUT2D eigenvalue weighted by Crippen LogP contribution is -2.34. The molecule has 4 rings (SSSR count). The molecular weight excluding hydrogens is 434 g/mol. The average molecular weight is 452 g/mol. The minimum atomic E-state index is -0.345. The molecule has 0 spiro atoms. The van der Waals surface area contributed by atoms with Crippen LogP contribution in [0.2, 0.25) is 5.02 Å². The second kappa shape index (κ2) is 9.11. The third kappa shape index (κ3) is 4.99. The molecule has 9 heteroatoms. The van der Waals surface area contributed by atoms with Gasteiger partial charge in [-0.25, -0.2) is 0 Å². The zero-order chi connectivity index (χ0) is 21.8. The van der Waals surface area contributed by atoms with Gasteiger partial charge in [-0.15, -0.1) is 10.2 Å². The fourth-order valence-electron chi connectivity index (χ4n) is 2.92. The first kappa shape index (κ1) is 20.8. The summed E-state index contributed by atoms with van der Waals surface area (Å²) in [6, 6.07) is 19.6. The lowest BCUT2D eigenvalue weighted by Gasteiger charge is -2.09. The van der Waals surface area contributed by atoms with E-state index in [1.165, 1.54) is 0 Å². The first-order valence-corrected chi connectivity index (χ1v) is 10.3. The molecule has 0 atom stereocenters. The number of benzene rings is 3. The molecule has 0 bridgehead atoms. The van der Waals surface area contributed by atoms with Gasteiger partial charge in [0.15, 0.2) is 5.11 Å². The van der Waals surface area contributed by atoms with Gasteiger partial charge in [0.1, 0.15) is 16.8 Å². The molecule has 0 unspecified atom stereocenters. The van der Waals surface area contributed by atoms with Crippen molar-refractivity contribution in [2.45, 2.75) is 6.92 Å². The van der Waals surface area contributed by atoms with Crippen molar-refractivity contribution < 1.29 is 9.53 Å². The van der Waals surface area contributed by atoms with Gasteiger partial charge < -0.3 is 10.1 Å². The number of aromatic nitrogens is 3. The van der Waals surface area contributed by atoms with E-state index in [-0.39, 0.29) is 11.0 Å². The van der Waals surface area contributed by atoms with Gasteiger partial charge in [-0.2, -0.15) is 4.80 Å². The molecule has 0 saturated carbocycles. The maximum Gasteiger partial charge on any atom is 0.257 e. The molecule has 1 aromatic heterocycles. The molecule has 156 valence electrons. The van der Waals surface area contributed by atoms with Gasteiger partial charge in [0.05, 0.1) is 12.3 Å². The lowest BCUT2D eigenvalue weighted by atomic mass is 10.2. The molecule has 1 amide bonds. The molecule has 2 N–H and O–H groups in total. The number of nitrogens with one attached hydrogen (secondary N) is 2. The quantitative estimate of drug-likeness (QED) is 0.431. The Balaban J connectivity index is 1.46. The largest absolute Gasteiger partial charge is 0.494 e. The van der Waals surface area contributed by atoms with Crippen LogP contribution in [-0.2, 0) is 0 Å². The van der Waals surface area contributed by atoms with Crippen LogP contribution < -0.4 is 15.4 Å². The number of nitrogens with zero attached hydrogens (tertiary/aromatic N) is 3. The first-order chi connectivity index (χ1) is 15.0. The predicted molar refractivity (Wildman–Crippen MR) is 125 cm³/mol. The molecule has 0 aliphatic heterocycles. The van der Waals surface area contributed by atoms with Crippen molar-refractivity contribution in [1.82, 2.24) is 20.3 Å². The first-order valence-electron chi connectivity index (χ1n) is 9.50. The molecule has 31 heavy (non-hydrogen) atoms. The monoisotopic (exact) mass is 451 g/mol. The van der Waals surface area contributed by atoms with Crippen LogP contribution in [0.25, 0.3) is 16.7 Å². The highest BCUT2D eigenvalue weighted by Crippen LogP contribution is 2.19. The van der Waals surface area contributed by atoms with E-state index in [1.807, 2.05) is 49.4 Å². The average Bonchev–Trinajstić information content (AvgIpc) is 3.18. The van der Waals surface area contributed by atoms with Crippen LogP contribution in [0.15, 0.2) is 66.7 Å². The van der Waals surface area contributed by atoms with E-state index in [2.05, 4.69) is 20.8 Å². The SMILES string of the molecule is CCOc1ccc(-n2nc3ccc(NC(=S)NC(=O)c4cccc(Cl)c4)cc3n2)cc1. The maximum atomic E-state index is 12.3. The van der Waals surface area contributed by atoms with Gasteiger partial charge in [0, 0.05) is 16.3 Å². The van der Waals surface area contributed by atoms with Crippen LogP contribution in [-0.4, -0.2) is 32.6 Å². The molecule has 0 saturated heterocycles. The van der Waals surface area contributed by atoms with E-state index in [1.54, 1.807) is 29.1 Å². The Morgan fingerprint density at radius 1 is 1.06 bits per heavy atom. The zero-order valence-electron chi connectivity index (χ0n) is 16.5. The van der Waals surface area contributed by atoms with Gasteiger partial charge in [-0.05, 0) is 79.8 Å². The van der Waals surface area contributed by atoms with E-state index >= 15 is 0 Å². The summed E-state index contributed by atoms with van der Waals surface area (Å²) in [4.78, 5) is 13.9. The number of carbonyl (C=O) groups excluding carboxylic acids is 1. The summed E-state index contributed by atoms with van der Waals surface area (Å²) < 4.78 is 5.46. The van der Waals surface area contributed by atoms with Gasteiger partial charge in [0.25, 0.3) is 5.91 Å². The fraction of sp³-hybridized carbons (Fsp3) is 0.0909. The number of ether oxygens (including phenoxy) is 1. The van der Waals surface area contributed by atoms with Crippen LogP contribution >= 0.6 is 23.8 Å². The second-order valence-corrected chi connectivity index (χ2v) is 7.38. The summed E-state index contributed by atoms with van der Waals surface area (Å²) in [5, 5.41) is 15.3. The van der Waals surface area contributed by atoms with E-state index in [9.17, 15) is 4.79 Å². The summed E-state index contributed by atoms with van der Waals surface area (Å²) in [6.07, 6.45) is 0. The number of thiocarbonyl (C=S) groups is 1. The van der Waals surface area contributed by atoms with Crippen molar-refractivity contribution in [3.05, 3.63) is 77.3 Å². The van der Waals surface area contributed by atoms with Crippen molar-refractivity contribution in [2.24, 2.45) is 0 Å². The Labute approximate surface area is 189 Å². The maximum absolute atomic E-state index is 12.3. The van der Waals surface area contributed by atoms with E-state index < -0.39 is 0 Å². The van der Waals surface area contributed by atoms with Gasteiger partial charge in [-0.1, -0.05) is 17.7 Å².